The molecular weight excluding hydrogens is 408 g/mol. The number of carbonyl (C=O) groups is 2. The van der Waals surface area contributed by atoms with Gasteiger partial charge in [-0.25, -0.2) is 0 Å². The van der Waals surface area contributed by atoms with Gasteiger partial charge in [-0.15, -0.1) is 0 Å². The molecule has 0 saturated carbocycles. The first-order valence-corrected chi connectivity index (χ1v) is 9.76. The van der Waals surface area contributed by atoms with Gasteiger partial charge in [0.05, 0.1) is 0 Å². The van der Waals surface area contributed by atoms with Crippen LogP contribution in [0.5, 0.6) is 5.75 Å². The summed E-state index contributed by atoms with van der Waals surface area (Å²) in [5.41, 5.74) is 3.00. The molecule has 0 aliphatic carbocycles. The number of piperazine rings is 1. The van der Waals surface area contributed by atoms with Crippen molar-refractivity contribution in [2.24, 2.45) is 0 Å². The van der Waals surface area contributed by atoms with E-state index in [2.05, 4.69) is 15.9 Å². The minimum absolute atomic E-state index is 0.000907. The smallest absolute Gasteiger partial charge is 0.260 e. The van der Waals surface area contributed by atoms with E-state index in [1.807, 2.05) is 44.2 Å². The van der Waals surface area contributed by atoms with E-state index in [4.69, 9.17) is 4.74 Å². The molecule has 5 nitrogen and oxygen atoms in total. The van der Waals surface area contributed by atoms with E-state index in [0.717, 1.165) is 10.0 Å². The summed E-state index contributed by atoms with van der Waals surface area (Å²) in [7, 11) is 0. The number of halogens is 1. The van der Waals surface area contributed by atoms with E-state index in [-0.39, 0.29) is 18.4 Å². The van der Waals surface area contributed by atoms with Gasteiger partial charge in [-0.1, -0.05) is 22.0 Å². The van der Waals surface area contributed by atoms with Gasteiger partial charge < -0.3 is 14.5 Å². The second-order valence-corrected chi connectivity index (χ2v) is 7.63. The predicted octanol–water partition coefficient (Wildman–Crippen LogP) is 3.43. The van der Waals surface area contributed by atoms with Crippen LogP contribution in [0.3, 0.4) is 0 Å². The van der Waals surface area contributed by atoms with E-state index in [1.165, 1.54) is 5.56 Å². The topological polar surface area (TPSA) is 49.9 Å². The molecular formula is C21H23BrN2O3. The summed E-state index contributed by atoms with van der Waals surface area (Å²) < 4.78 is 6.58. The quantitative estimate of drug-likeness (QED) is 0.746. The number of benzene rings is 2. The molecule has 1 saturated heterocycles. The van der Waals surface area contributed by atoms with E-state index in [9.17, 15) is 9.59 Å². The number of hydrogen-bond donors (Lipinski definition) is 0. The molecule has 0 bridgehead atoms. The van der Waals surface area contributed by atoms with Gasteiger partial charge in [-0.3, -0.25) is 9.59 Å². The fraction of sp³-hybridized carbons (Fsp3) is 0.333. The maximum atomic E-state index is 12.5. The van der Waals surface area contributed by atoms with Crippen LogP contribution in [-0.4, -0.2) is 54.4 Å². The van der Waals surface area contributed by atoms with Gasteiger partial charge in [0.1, 0.15) is 5.75 Å². The molecule has 0 N–H and O–H groups in total. The van der Waals surface area contributed by atoms with Crippen molar-refractivity contribution in [2.45, 2.75) is 13.8 Å². The van der Waals surface area contributed by atoms with Crippen LogP contribution < -0.4 is 4.74 Å². The Morgan fingerprint density at radius 2 is 1.56 bits per heavy atom. The average Bonchev–Trinajstić information content (AvgIpc) is 2.69. The Morgan fingerprint density at radius 1 is 0.926 bits per heavy atom. The summed E-state index contributed by atoms with van der Waals surface area (Å²) in [5, 5.41) is 0. The molecule has 0 spiro atoms. The zero-order valence-electron chi connectivity index (χ0n) is 15.6. The van der Waals surface area contributed by atoms with Crippen molar-refractivity contribution in [2.75, 3.05) is 32.8 Å². The van der Waals surface area contributed by atoms with Crippen LogP contribution in [0.25, 0.3) is 0 Å². The van der Waals surface area contributed by atoms with Gasteiger partial charge in [-0.2, -0.15) is 0 Å². The van der Waals surface area contributed by atoms with Crippen molar-refractivity contribution in [1.29, 1.82) is 0 Å². The maximum absolute atomic E-state index is 12.5. The number of carbonyl (C=O) groups excluding carboxylic acids is 2. The molecule has 142 valence electrons. The van der Waals surface area contributed by atoms with Gasteiger partial charge in [0.15, 0.2) is 6.61 Å². The Labute approximate surface area is 168 Å². The maximum Gasteiger partial charge on any atom is 0.260 e. The lowest BCUT2D eigenvalue weighted by Gasteiger charge is -2.34. The molecule has 0 aromatic heterocycles. The second kappa shape index (κ2) is 8.57. The van der Waals surface area contributed by atoms with Crippen LogP contribution in [0.15, 0.2) is 46.9 Å². The number of aryl methyl sites for hydroxylation is 2. The van der Waals surface area contributed by atoms with Crippen LogP contribution in [0.4, 0.5) is 0 Å². The van der Waals surface area contributed by atoms with Gasteiger partial charge in [0, 0.05) is 36.2 Å². The van der Waals surface area contributed by atoms with E-state index in [1.54, 1.807) is 21.9 Å². The van der Waals surface area contributed by atoms with Crippen molar-refractivity contribution < 1.29 is 14.3 Å². The van der Waals surface area contributed by atoms with Crippen LogP contribution in [0.1, 0.15) is 21.5 Å². The first-order chi connectivity index (χ1) is 12.9. The summed E-state index contributed by atoms with van der Waals surface area (Å²) in [4.78, 5) is 28.5. The van der Waals surface area contributed by atoms with E-state index < -0.39 is 0 Å². The Bertz CT molecular complexity index is 828. The molecule has 6 heteroatoms. The highest BCUT2D eigenvalue weighted by atomic mass is 79.9. The molecule has 2 amide bonds. The van der Waals surface area contributed by atoms with Gasteiger partial charge in [0.2, 0.25) is 0 Å². The number of ether oxygens (including phenoxy) is 1. The Balaban J connectivity index is 1.49. The first kappa shape index (κ1) is 19.4. The van der Waals surface area contributed by atoms with Gasteiger partial charge in [-0.05, 0) is 61.4 Å². The van der Waals surface area contributed by atoms with Crippen LogP contribution >= 0.6 is 15.9 Å². The lowest BCUT2D eigenvalue weighted by atomic mass is 10.1. The van der Waals surface area contributed by atoms with Gasteiger partial charge >= 0.3 is 0 Å². The minimum Gasteiger partial charge on any atom is -0.484 e. The standard InChI is InChI=1S/C21H23BrN2O3/c1-15-3-8-19(13-16(15)2)27-14-20(25)23-9-11-24(12-10-23)21(26)17-4-6-18(22)7-5-17/h3-8,13H,9-12,14H2,1-2H3. The van der Waals surface area contributed by atoms with Crippen molar-refractivity contribution in [3.63, 3.8) is 0 Å². The van der Waals surface area contributed by atoms with Crippen LogP contribution in [0.2, 0.25) is 0 Å². The monoisotopic (exact) mass is 430 g/mol. The Morgan fingerprint density at radius 3 is 2.19 bits per heavy atom. The molecule has 2 aromatic carbocycles. The summed E-state index contributed by atoms with van der Waals surface area (Å²) in [6, 6.07) is 13.1. The number of rotatable bonds is 4. The highest BCUT2D eigenvalue weighted by Gasteiger charge is 2.25. The van der Waals surface area contributed by atoms with E-state index >= 15 is 0 Å². The molecule has 1 fully saturated rings. The van der Waals surface area contributed by atoms with Crippen molar-refractivity contribution in [3.8, 4) is 5.75 Å². The number of hydrogen-bond acceptors (Lipinski definition) is 3. The Kier molecular flexibility index (Phi) is 6.16. The number of amides is 2. The van der Waals surface area contributed by atoms with Crippen molar-refractivity contribution in [3.05, 3.63) is 63.6 Å². The number of nitrogens with zero attached hydrogens (tertiary/aromatic N) is 2. The predicted molar refractivity (Wildman–Crippen MR) is 108 cm³/mol. The largest absolute Gasteiger partial charge is 0.484 e. The molecule has 1 heterocycles. The normalized spacial score (nSPS) is 14.2. The first-order valence-electron chi connectivity index (χ1n) is 8.97. The lowest BCUT2D eigenvalue weighted by Crippen LogP contribution is -2.51. The zero-order chi connectivity index (χ0) is 19.4. The zero-order valence-corrected chi connectivity index (χ0v) is 17.2. The molecule has 0 atom stereocenters. The Hall–Kier alpha value is -2.34. The highest BCUT2D eigenvalue weighted by molar-refractivity contribution is 9.10. The molecule has 3 rings (SSSR count). The van der Waals surface area contributed by atoms with Crippen LogP contribution in [0, 0.1) is 13.8 Å². The fourth-order valence-electron chi connectivity index (χ4n) is 2.97. The summed E-state index contributed by atoms with van der Waals surface area (Å²) in [6.07, 6.45) is 0. The van der Waals surface area contributed by atoms with Gasteiger partial charge in [0.25, 0.3) is 11.8 Å². The van der Waals surface area contributed by atoms with Crippen LogP contribution in [-0.2, 0) is 4.79 Å². The fourth-order valence-corrected chi connectivity index (χ4v) is 3.24. The van der Waals surface area contributed by atoms with Crippen molar-refractivity contribution >= 4 is 27.7 Å². The molecule has 2 aromatic rings. The molecule has 27 heavy (non-hydrogen) atoms. The summed E-state index contributed by atoms with van der Waals surface area (Å²) in [5.74, 6) is 0.653. The van der Waals surface area contributed by atoms with Crippen molar-refractivity contribution in [1.82, 2.24) is 9.80 Å². The summed E-state index contributed by atoms with van der Waals surface area (Å²) in [6.45, 7) is 6.19. The molecule has 1 aliphatic heterocycles. The molecule has 1 aliphatic rings. The average molecular weight is 431 g/mol. The SMILES string of the molecule is Cc1ccc(OCC(=O)N2CCN(C(=O)c3ccc(Br)cc3)CC2)cc1C. The summed E-state index contributed by atoms with van der Waals surface area (Å²) >= 11 is 3.37. The molecule has 0 radical (unpaired) electrons. The lowest BCUT2D eigenvalue weighted by molar-refractivity contribution is -0.134. The molecule has 0 unspecified atom stereocenters. The second-order valence-electron chi connectivity index (χ2n) is 6.71. The third-order valence-corrected chi connectivity index (χ3v) is 5.38. The van der Waals surface area contributed by atoms with E-state index in [0.29, 0.717) is 37.5 Å². The third kappa shape index (κ3) is 4.89. The third-order valence-electron chi connectivity index (χ3n) is 4.85. The highest BCUT2D eigenvalue weighted by Crippen LogP contribution is 2.17. The minimum atomic E-state index is -0.0519.